The summed E-state index contributed by atoms with van der Waals surface area (Å²) in [7, 11) is 0. The third-order valence-electron chi connectivity index (χ3n) is 1.66. The van der Waals surface area contributed by atoms with E-state index in [2.05, 4.69) is 20.9 Å². The first-order valence-corrected chi connectivity index (χ1v) is 4.64. The highest BCUT2D eigenvalue weighted by atomic mass is 79.9. The monoisotopic (exact) mass is 320 g/mol. The van der Waals surface area contributed by atoms with Crippen molar-refractivity contribution in [3.05, 3.63) is 31.9 Å². The van der Waals surface area contributed by atoms with Crippen LogP contribution in [-0.4, -0.2) is 9.91 Å². The molecule has 4 nitrogen and oxygen atoms in total. The summed E-state index contributed by atoms with van der Waals surface area (Å²) in [5.41, 5.74) is -2.87. The molecule has 10 heteroatoms. The number of alkyl halides is 5. The first kappa shape index (κ1) is 13.7. The third kappa shape index (κ3) is 2.87. The molecule has 1 rings (SSSR count). The maximum Gasteiger partial charge on any atom is 0.459 e. The lowest BCUT2D eigenvalue weighted by atomic mass is 10.2. The highest BCUT2D eigenvalue weighted by Crippen LogP contribution is 2.39. The number of aromatic nitrogens is 1. The lowest BCUT2D eigenvalue weighted by molar-refractivity contribution is -0.390. The summed E-state index contributed by atoms with van der Waals surface area (Å²) in [4.78, 5) is 11.7. The Morgan fingerprint density at radius 2 is 1.94 bits per heavy atom. The second-order valence-corrected chi connectivity index (χ2v) is 3.58. The van der Waals surface area contributed by atoms with Crippen LogP contribution in [0.1, 0.15) is 17.7 Å². The SMILES string of the molecule is O=[N+]([O-])c1cc(C(F)F)c(Br)c(C(F)(F)F)n1. The van der Waals surface area contributed by atoms with Crippen LogP contribution in [-0.2, 0) is 6.18 Å². The van der Waals surface area contributed by atoms with Gasteiger partial charge in [0.1, 0.15) is 0 Å². The molecule has 0 fully saturated rings. The minimum atomic E-state index is -5.06. The van der Waals surface area contributed by atoms with E-state index in [0.29, 0.717) is 6.07 Å². The third-order valence-corrected chi connectivity index (χ3v) is 2.50. The van der Waals surface area contributed by atoms with E-state index in [9.17, 15) is 32.1 Å². The van der Waals surface area contributed by atoms with Gasteiger partial charge in [-0.2, -0.15) is 13.2 Å². The van der Waals surface area contributed by atoms with Crippen LogP contribution in [0, 0.1) is 10.1 Å². The van der Waals surface area contributed by atoms with Gasteiger partial charge in [0.05, 0.1) is 4.47 Å². The van der Waals surface area contributed by atoms with Crippen LogP contribution < -0.4 is 0 Å². The largest absolute Gasteiger partial charge is 0.459 e. The number of hydrogen-bond acceptors (Lipinski definition) is 3. The van der Waals surface area contributed by atoms with E-state index in [1.54, 1.807) is 0 Å². The Hall–Kier alpha value is -1.32. The van der Waals surface area contributed by atoms with Gasteiger partial charge in [-0.05, 0) is 25.8 Å². The number of hydrogen-bond donors (Lipinski definition) is 0. The van der Waals surface area contributed by atoms with Crippen LogP contribution in [0.15, 0.2) is 10.5 Å². The summed E-state index contributed by atoms with van der Waals surface area (Å²) in [6, 6.07) is 0.296. The van der Waals surface area contributed by atoms with Gasteiger partial charge in [-0.15, -0.1) is 0 Å². The van der Waals surface area contributed by atoms with Crippen molar-refractivity contribution >= 4 is 21.7 Å². The molecule has 94 valence electrons. The van der Waals surface area contributed by atoms with E-state index in [-0.39, 0.29) is 0 Å². The molecule has 0 unspecified atom stereocenters. The first-order valence-electron chi connectivity index (χ1n) is 3.84. The van der Waals surface area contributed by atoms with Crippen LogP contribution in [0.4, 0.5) is 27.8 Å². The van der Waals surface area contributed by atoms with E-state index in [1.807, 2.05) is 0 Å². The molecule has 0 amide bonds. The fourth-order valence-electron chi connectivity index (χ4n) is 0.975. The van der Waals surface area contributed by atoms with Gasteiger partial charge in [-0.25, -0.2) is 8.78 Å². The van der Waals surface area contributed by atoms with Crippen molar-refractivity contribution in [2.75, 3.05) is 0 Å². The highest BCUT2D eigenvalue weighted by Gasteiger charge is 2.42. The number of halogens is 6. The molecule has 0 aliphatic carbocycles. The normalized spacial score (nSPS) is 11.9. The van der Waals surface area contributed by atoms with Crippen molar-refractivity contribution in [1.29, 1.82) is 0 Å². The maximum atomic E-state index is 12.4. The zero-order valence-electron chi connectivity index (χ0n) is 7.63. The lowest BCUT2D eigenvalue weighted by Crippen LogP contribution is -2.12. The summed E-state index contributed by atoms with van der Waals surface area (Å²) in [5, 5.41) is 10.3. The molecule has 0 aromatic carbocycles. The maximum absolute atomic E-state index is 12.4. The molecule has 1 aromatic rings. The van der Waals surface area contributed by atoms with Crippen molar-refractivity contribution < 1.29 is 26.9 Å². The molecular weight excluding hydrogens is 319 g/mol. The molecule has 0 aliphatic heterocycles. The molecule has 0 saturated heterocycles. The molecule has 0 radical (unpaired) electrons. The van der Waals surface area contributed by atoms with E-state index >= 15 is 0 Å². The molecule has 1 aromatic heterocycles. The standard InChI is InChI=1S/C7H2BrF5N2O2/c8-4-2(6(9)10)1-3(15(16)17)14-5(4)7(11,12)13/h1,6H. The Labute approximate surface area is 98.7 Å². The van der Waals surface area contributed by atoms with E-state index in [1.165, 1.54) is 0 Å². The summed E-state index contributed by atoms with van der Waals surface area (Å²) in [6.45, 7) is 0. The smallest absolute Gasteiger partial charge is 0.358 e. The fourth-order valence-corrected chi connectivity index (χ4v) is 1.58. The Bertz CT molecular complexity index is 462. The van der Waals surface area contributed by atoms with Crippen molar-refractivity contribution in [2.45, 2.75) is 12.6 Å². The average molecular weight is 321 g/mol. The predicted octanol–water partition coefficient (Wildman–Crippen LogP) is 3.71. The Morgan fingerprint density at radius 1 is 1.41 bits per heavy atom. The van der Waals surface area contributed by atoms with Crippen LogP contribution in [0.5, 0.6) is 0 Å². The van der Waals surface area contributed by atoms with Crippen LogP contribution >= 0.6 is 15.9 Å². The van der Waals surface area contributed by atoms with Gasteiger partial charge < -0.3 is 10.1 Å². The number of nitrogens with zero attached hydrogens (tertiary/aromatic N) is 2. The molecule has 17 heavy (non-hydrogen) atoms. The van der Waals surface area contributed by atoms with Crippen molar-refractivity contribution in [3.63, 3.8) is 0 Å². The number of pyridine rings is 1. The molecule has 0 atom stereocenters. The molecule has 0 bridgehead atoms. The Kier molecular flexibility index (Phi) is 3.65. The Morgan fingerprint density at radius 3 is 2.29 bits per heavy atom. The lowest BCUT2D eigenvalue weighted by Gasteiger charge is -2.08. The van der Waals surface area contributed by atoms with Crippen molar-refractivity contribution in [1.82, 2.24) is 4.98 Å². The summed E-state index contributed by atoms with van der Waals surface area (Å²) < 4.78 is 60.9. The van der Waals surface area contributed by atoms with Gasteiger partial charge in [-0.1, -0.05) is 0 Å². The van der Waals surface area contributed by atoms with Crippen LogP contribution in [0.2, 0.25) is 0 Å². The minimum Gasteiger partial charge on any atom is -0.358 e. The van der Waals surface area contributed by atoms with Gasteiger partial charge in [0.25, 0.3) is 12.1 Å². The summed E-state index contributed by atoms with van der Waals surface area (Å²) >= 11 is 2.32. The van der Waals surface area contributed by atoms with Crippen molar-refractivity contribution in [3.8, 4) is 0 Å². The van der Waals surface area contributed by atoms with Gasteiger partial charge in [0, 0.05) is 11.6 Å². The van der Waals surface area contributed by atoms with Gasteiger partial charge in [0.15, 0.2) is 0 Å². The molecule has 0 aliphatic rings. The molecule has 0 saturated carbocycles. The first-order chi connectivity index (χ1) is 7.64. The molecular formula is C7H2BrF5N2O2. The topological polar surface area (TPSA) is 56.0 Å². The van der Waals surface area contributed by atoms with E-state index in [0.717, 1.165) is 0 Å². The molecule has 0 spiro atoms. The second-order valence-electron chi connectivity index (χ2n) is 2.79. The zero-order valence-corrected chi connectivity index (χ0v) is 9.22. The van der Waals surface area contributed by atoms with Crippen LogP contribution in [0.3, 0.4) is 0 Å². The van der Waals surface area contributed by atoms with Gasteiger partial charge >= 0.3 is 12.0 Å². The zero-order chi connectivity index (χ0) is 13.4. The van der Waals surface area contributed by atoms with E-state index < -0.39 is 39.1 Å². The average Bonchev–Trinajstić information content (AvgIpc) is 2.15. The van der Waals surface area contributed by atoms with Gasteiger partial charge in [0.2, 0.25) is 0 Å². The molecule has 1 heterocycles. The second kappa shape index (κ2) is 4.51. The predicted molar refractivity (Wildman–Crippen MR) is 48.6 cm³/mol. The quantitative estimate of drug-likeness (QED) is 0.474. The Balaban J connectivity index is 3.55. The van der Waals surface area contributed by atoms with Crippen LogP contribution in [0.25, 0.3) is 0 Å². The fraction of sp³-hybridized carbons (Fsp3) is 0.286. The summed E-state index contributed by atoms with van der Waals surface area (Å²) in [5.74, 6) is -1.28. The highest BCUT2D eigenvalue weighted by molar-refractivity contribution is 9.10. The van der Waals surface area contributed by atoms with Crippen molar-refractivity contribution in [2.24, 2.45) is 0 Å². The minimum absolute atomic E-state index is 0.296. The number of nitro groups is 1. The van der Waals surface area contributed by atoms with Gasteiger partial charge in [-0.3, -0.25) is 0 Å². The molecule has 0 N–H and O–H groups in total. The van der Waals surface area contributed by atoms with E-state index in [4.69, 9.17) is 0 Å². The summed E-state index contributed by atoms with van der Waals surface area (Å²) in [6.07, 6.45) is -8.35. The number of rotatable bonds is 2.